The molecule has 0 aliphatic carbocycles. The van der Waals surface area contributed by atoms with E-state index in [0.29, 0.717) is 23.6 Å². The zero-order valence-electron chi connectivity index (χ0n) is 16.8. The molecule has 4 N–H and O–H groups in total. The molecule has 0 saturated heterocycles. The van der Waals surface area contributed by atoms with E-state index in [-0.39, 0.29) is 19.6 Å². The molecule has 0 aliphatic heterocycles. The summed E-state index contributed by atoms with van der Waals surface area (Å²) in [6, 6.07) is 5.04. The highest BCUT2D eigenvalue weighted by molar-refractivity contribution is 6.32. The number of primary amides is 1. The summed E-state index contributed by atoms with van der Waals surface area (Å²) in [4.78, 5) is 23.2. The maximum atomic E-state index is 12.0. The van der Waals surface area contributed by atoms with Gasteiger partial charge in [0.25, 0.3) is 0 Å². The molecule has 0 radical (unpaired) electrons. The van der Waals surface area contributed by atoms with Crippen molar-refractivity contribution in [2.24, 2.45) is 5.73 Å². The summed E-state index contributed by atoms with van der Waals surface area (Å²) in [6.07, 6.45) is 2.10. The molecule has 158 valence electrons. The molecule has 28 heavy (non-hydrogen) atoms. The van der Waals surface area contributed by atoms with E-state index in [0.717, 1.165) is 18.4 Å². The molecule has 0 bridgehead atoms. The van der Waals surface area contributed by atoms with Crippen LogP contribution in [0.5, 0.6) is 5.75 Å². The number of hydrogen-bond acceptors (Lipinski definition) is 5. The molecule has 0 heterocycles. The van der Waals surface area contributed by atoms with Gasteiger partial charge >= 0.3 is 6.09 Å². The first-order valence-corrected chi connectivity index (χ1v) is 9.79. The second-order valence-corrected chi connectivity index (χ2v) is 7.95. The van der Waals surface area contributed by atoms with E-state index < -0.39 is 23.6 Å². The number of carbonyl (C=O) groups is 2. The summed E-state index contributed by atoms with van der Waals surface area (Å²) in [7, 11) is 0. The lowest BCUT2D eigenvalue weighted by molar-refractivity contribution is -0.118. The lowest BCUT2D eigenvalue weighted by Gasteiger charge is -2.24. The number of unbranched alkanes of at least 4 members (excludes halogenated alkanes) is 1. The van der Waals surface area contributed by atoms with Crippen molar-refractivity contribution in [1.29, 1.82) is 0 Å². The van der Waals surface area contributed by atoms with Crippen LogP contribution in [0.25, 0.3) is 0 Å². The van der Waals surface area contributed by atoms with Crippen LogP contribution in [0.3, 0.4) is 0 Å². The molecule has 0 fully saturated rings. The molecule has 1 atom stereocenters. The number of alkyl carbamates (subject to hydrolysis) is 1. The highest BCUT2D eigenvalue weighted by atomic mass is 35.5. The lowest BCUT2D eigenvalue weighted by Crippen LogP contribution is -2.42. The van der Waals surface area contributed by atoms with Gasteiger partial charge in [-0.1, -0.05) is 23.7 Å². The predicted molar refractivity (Wildman–Crippen MR) is 109 cm³/mol. The number of hydrogen-bond donors (Lipinski definition) is 3. The zero-order chi connectivity index (χ0) is 21.2. The number of nitrogens with two attached hydrogens (primary N) is 1. The minimum absolute atomic E-state index is 0.110. The Morgan fingerprint density at radius 2 is 2.00 bits per heavy atom. The molecule has 2 amide bonds. The van der Waals surface area contributed by atoms with Gasteiger partial charge in [-0.05, 0) is 58.1 Å². The van der Waals surface area contributed by atoms with Gasteiger partial charge in [-0.25, -0.2) is 4.79 Å². The number of nitrogens with one attached hydrogen (secondary N) is 1. The van der Waals surface area contributed by atoms with E-state index in [1.165, 1.54) is 0 Å². The number of ether oxygens (including phenoxy) is 2. The maximum Gasteiger partial charge on any atom is 0.407 e. The summed E-state index contributed by atoms with van der Waals surface area (Å²) in [5.74, 6) is 0.0399. The van der Waals surface area contributed by atoms with Crippen molar-refractivity contribution in [3.8, 4) is 5.75 Å². The fraction of sp³-hybridized carbons (Fsp3) is 0.600. The van der Waals surface area contributed by atoms with Gasteiger partial charge in [-0.2, -0.15) is 0 Å². The van der Waals surface area contributed by atoms with Crippen molar-refractivity contribution in [3.05, 3.63) is 28.8 Å². The van der Waals surface area contributed by atoms with Crippen LogP contribution in [0.1, 0.15) is 52.0 Å². The second-order valence-electron chi connectivity index (χ2n) is 7.57. The van der Waals surface area contributed by atoms with Crippen LogP contribution >= 0.6 is 11.6 Å². The Morgan fingerprint density at radius 1 is 1.29 bits per heavy atom. The molecule has 0 aromatic heterocycles. The average Bonchev–Trinajstić information content (AvgIpc) is 2.58. The number of benzene rings is 1. The molecule has 1 rings (SSSR count). The van der Waals surface area contributed by atoms with Crippen LogP contribution in [0.15, 0.2) is 18.2 Å². The normalized spacial score (nSPS) is 12.3. The molecular weight excluding hydrogens is 384 g/mol. The maximum absolute atomic E-state index is 12.0. The van der Waals surface area contributed by atoms with Crippen LogP contribution in [-0.4, -0.2) is 42.0 Å². The van der Waals surface area contributed by atoms with Gasteiger partial charge in [0, 0.05) is 13.0 Å². The van der Waals surface area contributed by atoms with Gasteiger partial charge in [-0.15, -0.1) is 0 Å². The molecule has 0 spiro atoms. The van der Waals surface area contributed by atoms with Gasteiger partial charge in [0.1, 0.15) is 18.0 Å². The molecule has 8 heteroatoms. The monoisotopic (exact) mass is 414 g/mol. The standard InChI is InChI=1S/C20H31ClN2O5/c1-20(2,3)28-19(26)23-15(10-11-17(22)25)13-27-16-9-6-8-14(18(16)21)7-4-5-12-24/h6,8-9,15,24H,4-5,7,10-13H2,1-3H3,(H2,22,25)(H,23,26)/t15-/m0/s1. The van der Waals surface area contributed by atoms with E-state index in [9.17, 15) is 9.59 Å². The smallest absolute Gasteiger partial charge is 0.407 e. The highest BCUT2D eigenvalue weighted by Gasteiger charge is 2.21. The number of aryl methyl sites for hydroxylation is 1. The first-order valence-electron chi connectivity index (χ1n) is 9.41. The van der Waals surface area contributed by atoms with Crippen molar-refractivity contribution in [2.75, 3.05) is 13.2 Å². The van der Waals surface area contributed by atoms with Crippen LogP contribution in [-0.2, 0) is 16.0 Å². The SMILES string of the molecule is CC(C)(C)OC(=O)N[C@@H](CCC(N)=O)COc1cccc(CCCCO)c1Cl. The van der Waals surface area contributed by atoms with Crippen molar-refractivity contribution in [1.82, 2.24) is 5.32 Å². The van der Waals surface area contributed by atoms with Crippen molar-refractivity contribution in [2.45, 2.75) is 64.5 Å². The summed E-state index contributed by atoms with van der Waals surface area (Å²) >= 11 is 6.42. The van der Waals surface area contributed by atoms with Crippen molar-refractivity contribution >= 4 is 23.6 Å². The molecule has 7 nitrogen and oxygen atoms in total. The van der Waals surface area contributed by atoms with E-state index in [2.05, 4.69) is 5.32 Å². The summed E-state index contributed by atoms with van der Waals surface area (Å²) in [6.45, 7) is 5.56. The Bertz CT molecular complexity index is 646. The van der Waals surface area contributed by atoms with Crippen LogP contribution in [0.4, 0.5) is 4.79 Å². The fourth-order valence-electron chi connectivity index (χ4n) is 2.47. The highest BCUT2D eigenvalue weighted by Crippen LogP contribution is 2.29. The van der Waals surface area contributed by atoms with E-state index >= 15 is 0 Å². The molecular formula is C20H31ClN2O5. The van der Waals surface area contributed by atoms with E-state index in [4.69, 9.17) is 31.9 Å². The summed E-state index contributed by atoms with van der Waals surface area (Å²) in [5.41, 5.74) is 5.52. The quantitative estimate of drug-likeness (QED) is 0.481. The number of rotatable bonds is 11. The van der Waals surface area contributed by atoms with Gasteiger partial charge in [0.2, 0.25) is 5.91 Å². The second kappa shape index (κ2) is 11.8. The van der Waals surface area contributed by atoms with Crippen molar-refractivity contribution < 1.29 is 24.2 Å². The number of amides is 2. The van der Waals surface area contributed by atoms with Crippen LogP contribution in [0.2, 0.25) is 5.02 Å². The molecule has 0 saturated carbocycles. The van der Waals surface area contributed by atoms with E-state index in [1.807, 2.05) is 12.1 Å². The van der Waals surface area contributed by atoms with Crippen molar-refractivity contribution in [3.63, 3.8) is 0 Å². The third-order valence-corrected chi connectivity index (χ3v) is 4.23. The third kappa shape index (κ3) is 9.80. The zero-order valence-corrected chi connectivity index (χ0v) is 17.6. The number of aliphatic hydroxyl groups excluding tert-OH is 1. The summed E-state index contributed by atoms with van der Waals surface area (Å²) < 4.78 is 11.1. The molecule has 0 unspecified atom stereocenters. The Kier molecular flexibility index (Phi) is 10.1. The van der Waals surface area contributed by atoms with E-state index in [1.54, 1.807) is 26.8 Å². The number of halogens is 1. The Balaban J connectivity index is 2.74. The summed E-state index contributed by atoms with van der Waals surface area (Å²) in [5, 5.41) is 12.1. The topological polar surface area (TPSA) is 111 Å². The Morgan fingerprint density at radius 3 is 2.61 bits per heavy atom. The minimum atomic E-state index is -0.634. The molecule has 1 aromatic rings. The predicted octanol–water partition coefficient (Wildman–Crippen LogP) is 3.19. The first-order chi connectivity index (χ1) is 13.1. The van der Waals surface area contributed by atoms with Gasteiger partial charge in [-0.3, -0.25) is 4.79 Å². The largest absolute Gasteiger partial charge is 0.490 e. The Hall–Kier alpha value is -1.99. The average molecular weight is 415 g/mol. The number of aliphatic hydroxyl groups is 1. The molecule has 0 aliphatic rings. The van der Waals surface area contributed by atoms with Crippen LogP contribution < -0.4 is 15.8 Å². The number of carbonyl (C=O) groups excluding carboxylic acids is 2. The Labute approximate surface area is 171 Å². The third-order valence-electron chi connectivity index (χ3n) is 3.80. The van der Waals surface area contributed by atoms with Gasteiger partial charge < -0.3 is 25.6 Å². The fourth-order valence-corrected chi connectivity index (χ4v) is 2.74. The van der Waals surface area contributed by atoms with Gasteiger partial charge in [0.15, 0.2) is 0 Å². The molecule has 1 aromatic carbocycles. The first kappa shape index (κ1) is 24.0. The van der Waals surface area contributed by atoms with Crippen LogP contribution in [0, 0.1) is 0 Å². The minimum Gasteiger partial charge on any atom is -0.490 e. The van der Waals surface area contributed by atoms with Gasteiger partial charge in [0.05, 0.1) is 11.1 Å². The lowest BCUT2D eigenvalue weighted by atomic mass is 10.1.